The Morgan fingerprint density at radius 2 is 2.46 bits per heavy atom. The number of aliphatic hydroxyl groups excluding tert-OH is 1. The van der Waals surface area contributed by atoms with Crippen molar-refractivity contribution in [3.8, 4) is 0 Å². The molecule has 4 heteroatoms. The molecule has 0 atom stereocenters. The summed E-state index contributed by atoms with van der Waals surface area (Å²) in [7, 11) is 0. The lowest BCUT2D eigenvalue weighted by molar-refractivity contribution is 0.291. The highest BCUT2D eigenvalue weighted by molar-refractivity contribution is 5.14. The molecule has 2 rings (SSSR count). The summed E-state index contributed by atoms with van der Waals surface area (Å²) in [4.78, 5) is 0. The van der Waals surface area contributed by atoms with Crippen LogP contribution in [0.5, 0.6) is 0 Å². The molecule has 4 nitrogen and oxygen atoms in total. The van der Waals surface area contributed by atoms with E-state index in [1.807, 2.05) is 6.07 Å². The van der Waals surface area contributed by atoms with Gasteiger partial charge in [0.15, 0.2) is 0 Å². The first kappa shape index (κ1) is 8.72. The average Bonchev–Trinajstić information content (AvgIpc) is 2.88. The standard InChI is InChI=1S/C9H14N2O2/c12-4-3-10-6-8-5-9(13-11-8)7-1-2-7/h5,7,10,12H,1-4,6H2. The Kier molecular flexibility index (Phi) is 2.61. The van der Waals surface area contributed by atoms with Crippen molar-refractivity contribution in [3.63, 3.8) is 0 Å². The first-order valence-electron chi connectivity index (χ1n) is 4.67. The Labute approximate surface area is 76.9 Å². The van der Waals surface area contributed by atoms with Gasteiger partial charge in [0.2, 0.25) is 0 Å². The van der Waals surface area contributed by atoms with Crippen LogP contribution in [0.2, 0.25) is 0 Å². The zero-order chi connectivity index (χ0) is 9.10. The van der Waals surface area contributed by atoms with Crippen LogP contribution in [-0.4, -0.2) is 23.4 Å². The Balaban J connectivity index is 1.82. The second kappa shape index (κ2) is 3.89. The van der Waals surface area contributed by atoms with Gasteiger partial charge in [0.05, 0.1) is 12.3 Å². The lowest BCUT2D eigenvalue weighted by Gasteiger charge is -1.95. The van der Waals surface area contributed by atoms with Gasteiger partial charge in [0.1, 0.15) is 5.76 Å². The van der Waals surface area contributed by atoms with Crippen LogP contribution >= 0.6 is 0 Å². The minimum Gasteiger partial charge on any atom is -0.395 e. The lowest BCUT2D eigenvalue weighted by atomic mass is 10.3. The number of aliphatic hydroxyl groups is 1. The summed E-state index contributed by atoms with van der Waals surface area (Å²) in [5, 5.41) is 15.5. The van der Waals surface area contributed by atoms with Crippen LogP contribution in [0, 0.1) is 0 Å². The highest BCUT2D eigenvalue weighted by Gasteiger charge is 2.27. The molecule has 1 aromatic heterocycles. The predicted molar refractivity (Wildman–Crippen MR) is 47.3 cm³/mol. The Bertz CT molecular complexity index is 268. The van der Waals surface area contributed by atoms with E-state index < -0.39 is 0 Å². The molecule has 0 radical (unpaired) electrons. The van der Waals surface area contributed by atoms with Gasteiger partial charge in [-0.15, -0.1) is 0 Å². The van der Waals surface area contributed by atoms with Crippen molar-refractivity contribution in [1.29, 1.82) is 0 Å². The minimum absolute atomic E-state index is 0.160. The van der Waals surface area contributed by atoms with Crippen molar-refractivity contribution >= 4 is 0 Å². The summed E-state index contributed by atoms with van der Waals surface area (Å²) in [6.45, 7) is 1.44. The number of nitrogens with one attached hydrogen (secondary N) is 1. The van der Waals surface area contributed by atoms with E-state index in [4.69, 9.17) is 9.63 Å². The number of nitrogens with zero attached hydrogens (tertiary/aromatic N) is 1. The molecule has 0 spiro atoms. The fourth-order valence-corrected chi connectivity index (χ4v) is 1.27. The van der Waals surface area contributed by atoms with Gasteiger partial charge >= 0.3 is 0 Å². The molecule has 72 valence electrons. The lowest BCUT2D eigenvalue weighted by Crippen LogP contribution is -2.17. The third-order valence-electron chi connectivity index (χ3n) is 2.15. The van der Waals surface area contributed by atoms with Crippen LogP contribution in [0.1, 0.15) is 30.2 Å². The van der Waals surface area contributed by atoms with E-state index in [0.717, 1.165) is 11.5 Å². The number of hydrogen-bond donors (Lipinski definition) is 2. The fraction of sp³-hybridized carbons (Fsp3) is 0.667. The zero-order valence-electron chi connectivity index (χ0n) is 7.49. The summed E-state index contributed by atoms with van der Waals surface area (Å²) in [6, 6.07) is 2.00. The molecule has 1 aliphatic carbocycles. The topological polar surface area (TPSA) is 58.3 Å². The third-order valence-corrected chi connectivity index (χ3v) is 2.15. The summed E-state index contributed by atoms with van der Waals surface area (Å²) in [6.07, 6.45) is 2.47. The molecular weight excluding hydrogens is 168 g/mol. The van der Waals surface area contributed by atoms with Gasteiger partial charge in [0, 0.05) is 25.1 Å². The van der Waals surface area contributed by atoms with Crippen LogP contribution < -0.4 is 5.32 Å². The van der Waals surface area contributed by atoms with E-state index in [9.17, 15) is 0 Å². The molecule has 0 amide bonds. The molecule has 1 saturated carbocycles. The number of aromatic nitrogens is 1. The predicted octanol–water partition coefficient (Wildman–Crippen LogP) is 0.634. The number of hydrogen-bond acceptors (Lipinski definition) is 4. The zero-order valence-corrected chi connectivity index (χ0v) is 7.49. The Hall–Kier alpha value is -0.870. The van der Waals surface area contributed by atoms with E-state index in [1.165, 1.54) is 12.8 Å². The molecular formula is C9H14N2O2. The first-order valence-corrected chi connectivity index (χ1v) is 4.67. The van der Waals surface area contributed by atoms with Gasteiger partial charge in [-0.2, -0.15) is 0 Å². The van der Waals surface area contributed by atoms with Gasteiger partial charge in [-0.1, -0.05) is 5.16 Å². The monoisotopic (exact) mass is 182 g/mol. The van der Waals surface area contributed by atoms with Gasteiger partial charge in [0.25, 0.3) is 0 Å². The van der Waals surface area contributed by atoms with E-state index in [1.54, 1.807) is 0 Å². The summed E-state index contributed by atoms with van der Waals surface area (Å²) in [5.74, 6) is 1.64. The van der Waals surface area contributed by atoms with E-state index in [2.05, 4.69) is 10.5 Å². The van der Waals surface area contributed by atoms with Crippen molar-refractivity contribution in [2.24, 2.45) is 0 Å². The molecule has 1 aromatic rings. The average molecular weight is 182 g/mol. The van der Waals surface area contributed by atoms with Gasteiger partial charge in [-0.3, -0.25) is 0 Å². The molecule has 1 heterocycles. The molecule has 0 bridgehead atoms. The maximum atomic E-state index is 8.54. The minimum atomic E-state index is 0.160. The second-order valence-corrected chi connectivity index (χ2v) is 3.40. The van der Waals surface area contributed by atoms with Gasteiger partial charge < -0.3 is 14.9 Å². The van der Waals surface area contributed by atoms with Crippen LogP contribution in [-0.2, 0) is 6.54 Å². The van der Waals surface area contributed by atoms with Gasteiger partial charge in [-0.05, 0) is 12.8 Å². The van der Waals surface area contributed by atoms with E-state index >= 15 is 0 Å². The molecule has 0 aromatic carbocycles. The molecule has 0 unspecified atom stereocenters. The largest absolute Gasteiger partial charge is 0.395 e. The molecule has 1 aliphatic rings. The smallest absolute Gasteiger partial charge is 0.140 e. The first-order chi connectivity index (χ1) is 6.40. The van der Waals surface area contributed by atoms with Crippen LogP contribution in [0.3, 0.4) is 0 Å². The maximum absolute atomic E-state index is 8.54. The van der Waals surface area contributed by atoms with Gasteiger partial charge in [-0.25, -0.2) is 0 Å². The Morgan fingerprint density at radius 3 is 3.15 bits per heavy atom. The quantitative estimate of drug-likeness (QED) is 0.656. The van der Waals surface area contributed by atoms with Crippen LogP contribution in [0.25, 0.3) is 0 Å². The van der Waals surface area contributed by atoms with E-state index in [-0.39, 0.29) is 6.61 Å². The Morgan fingerprint density at radius 1 is 1.62 bits per heavy atom. The molecule has 2 N–H and O–H groups in total. The number of rotatable bonds is 5. The third kappa shape index (κ3) is 2.29. The van der Waals surface area contributed by atoms with Crippen molar-refractivity contribution < 1.29 is 9.63 Å². The van der Waals surface area contributed by atoms with Crippen LogP contribution in [0.15, 0.2) is 10.6 Å². The van der Waals surface area contributed by atoms with Crippen molar-refractivity contribution in [2.45, 2.75) is 25.3 Å². The molecule has 1 fully saturated rings. The maximum Gasteiger partial charge on any atom is 0.140 e. The summed E-state index contributed by atoms with van der Waals surface area (Å²) < 4.78 is 5.17. The molecule has 13 heavy (non-hydrogen) atoms. The van der Waals surface area contributed by atoms with E-state index in [0.29, 0.717) is 19.0 Å². The normalized spacial score (nSPS) is 16.4. The van der Waals surface area contributed by atoms with Crippen LogP contribution in [0.4, 0.5) is 0 Å². The SMILES string of the molecule is OCCNCc1cc(C2CC2)on1. The summed E-state index contributed by atoms with van der Waals surface area (Å²) in [5.41, 5.74) is 0.926. The molecule has 0 saturated heterocycles. The fourth-order valence-electron chi connectivity index (χ4n) is 1.27. The van der Waals surface area contributed by atoms with Crippen molar-refractivity contribution in [3.05, 3.63) is 17.5 Å². The van der Waals surface area contributed by atoms with Crippen molar-refractivity contribution in [2.75, 3.05) is 13.2 Å². The molecule has 0 aliphatic heterocycles. The second-order valence-electron chi connectivity index (χ2n) is 3.40. The highest BCUT2D eigenvalue weighted by Crippen LogP contribution is 2.40. The highest BCUT2D eigenvalue weighted by atomic mass is 16.5. The van der Waals surface area contributed by atoms with Crippen molar-refractivity contribution in [1.82, 2.24) is 10.5 Å². The summed E-state index contributed by atoms with van der Waals surface area (Å²) >= 11 is 0.